The molecule has 1 saturated heterocycles. The molecule has 0 spiro atoms. The van der Waals surface area contributed by atoms with E-state index >= 15 is 0 Å². The molecule has 0 radical (unpaired) electrons. The molecule has 15 heavy (non-hydrogen) atoms. The maximum Gasteiger partial charge on any atom is 0.147 e. The van der Waals surface area contributed by atoms with Gasteiger partial charge >= 0.3 is 0 Å². The number of benzene rings is 1. The molecule has 2 rings (SSSR count). The van der Waals surface area contributed by atoms with Gasteiger partial charge in [0.1, 0.15) is 12.9 Å². The van der Waals surface area contributed by atoms with Gasteiger partial charge in [-0.15, -0.1) is 0 Å². The standard InChI is InChI=1S/C12H17NO2/c1-12(2,13)10-5-3-9(4-6-10)11-7-14-8-15-11/h3-6,11H,7-8,13H2,1-2H3. The van der Waals surface area contributed by atoms with Gasteiger partial charge in [-0.3, -0.25) is 0 Å². The van der Waals surface area contributed by atoms with Crippen LogP contribution in [0.2, 0.25) is 0 Å². The summed E-state index contributed by atoms with van der Waals surface area (Å²) in [5, 5.41) is 0. The van der Waals surface area contributed by atoms with E-state index in [1.54, 1.807) is 0 Å². The Hall–Kier alpha value is -0.900. The lowest BCUT2D eigenvalue weighted by Crippen LogP contribution is -2.28. The molecule has 1 aliphatic heterocycles. The summed E-state index contributed by atoms with van der Waals surface area (Å²) in [5.74, 6) is 0. The first-order valence-electron chi connectivity index (χ1n) is 5.16. The third kappa shape index (κ3) is 2.37. The van der Waals surface area contributed by atoms with Gasteiger partial charge in [-0.05, 0) is 25.0 Å². The van der Waals surface area contributed by atoms with Crippen LogP contribution in [0.3, 0.4) is 0 Å². The Kier molecular flexibility index (Phi) is 2.78. The Morgan fingerprint density at radius 1 is 1.27 bits per heavy atom. The molecule has 1 unspecified atom stereocenters. The summed E-state index contributed by atoms with van der Waals surface area (Å²) in [7, 11) is 0. The van der Waals surface area contributed by atoms with Crippen molar-refractivity contribution in [3.8, 4) is 0 Å². The van der Waals surface area contributed by atoms with Crippen LogP contribution >= 0.6 is 0 Å². The van der Waals surface area contributed by atoms with Crippen molar-refractivity contribution in [1.82, 2.24) is 0 Å². The van der Waals surface area contributed by atoms with Crippen molar-refractivity contribution in [2.75, 3.05) is 13.4 Å². The molecule has 3 heteroatoms. The Bertz CT molecular complexity index is 320. The van der Waals surface area contributed by atoms with Crippen LogP contribution in [0, 0.1) is 0 Å². The molecule has 2 N–H and O–H groups in total. The molecular formula is C12H17NO2. The fourth-order valence-corrected chi connectivity index (χ4v) is 1.65. The highest BCUT2D eigenvalue weighted by molar-refractivity contribution is 5.28. The minimum atomic E-state index is -0.286. The van der Waals surface area contributed by atoms with Crippen LogP contribution in [0.4, 0.5) is 0 Å². The molecule has 0 aliphatic carbocycles. The molecule has 1 aromatic rings. The number of hydrogen-bond acceptors (Lipinski definition) is 3. The monoisotopic (exact) mass is 207 g/mol. The van der Waals surface area contributed by atoms with Gasteiger partial charge in [0, 0.05) is 5.54 Å². The predicted molar refractivity (Wildman–Crippen MR) is 58.3 cm³/mol. The number of ether oxygens (including phenoxy) is 2. The van der Waals surface area contributed by atoms with Crippen molar-refractivity contribution in [2.24, 2.45) is 5.73 Å². The SMILES string of the molecule is CC(C)(N)c1ccc(C2COCO2)cc1. The fourth-order valence-electron chi connectivity index (χ4n) is 1.65. The molecule has 1 aliphatic rings. The first-order valence-corrected chi connectivity index (χ1v) is 5.16. The van der Waals surface area contributed by atoms with E-state index in [0.717, 1.165) is 11.1 Å². The molecule has 1 aromatic carbocycles. The topological polar surface area (TPSA) is 44.5 Å². The highest BCUT2D eigenvalue weighted by atomic mass is 16.7. The van der Waals surface area contributed by atoms with Gasteiger partial charge in [0.15, 0.2) is 0 Å². The second kappa shape index (κ2) is 3.93. The van der Waals surface area contributed by atoms with Crippen LogP contribution in [-0.4, -0.2) is 13.4 Å². The molecule has 0 aromatic heterocycles. The quantitative estimate of drug-likeness (QED) is 0.805. The second-order valence-corrected chi connectivity index (χ2v) is 4.49. The zero-order chi connectivity index (χ0) is 10.9. The van der Waals surface area contributed by atoms with Gasteiger partial charge in [-0.2, -0.15) is 0 Å². The molecular weight excluding hydrogens is 190 g/mol. The minimum absolute atomic E-state index is 0.0833. The highest BCUT2D eigenvalue weighted by Crippen LogP contribution is 2.24. The molecule has 0 bridgehead atoms. The first kappa shape index (κ1) is 10.6. The minimum Gasteiger partial charge on any atom is -0.352 e. The Morgan fingerprint density at radius 3 is 2.40 bits per heavy atom. The van der Waals surface area contributed by atoms with Gasteiger partial charge < -0.3 is 15.2 Å². The van der Waals surface area contributed by atoms with E-state index in [0.29, 0.717) is 13.4 Å². The zero-order valence-corrected chi connectivity index (χ0v) is 9.19. The van der Waals surface area contributed by atoms with Crippen molar-refractivity contribution >= 4 is 0 Å². The lowest BCUT2D eigenvalue weighted by molar-refractivity contribution is 0.0466. The zero-order valence-electron chi connectivity index (χ0n) is 9.19. The summed E-state index contributed by atoms with van der Waals surface area (Å²) in [5.41, 5.74) is 8.00. The van der Waals surface area contributed by atoms with Crippen molar-refractivity contribution in [2.45, 2.75) is 25.5 Å². The van der Waals surface area contributed by atoms with E-state index in [1.807, 2.05) is 13.8 Å². The summed E-state index contributed by atoms with van der Waals surface area (Å²) >= 11 is 0. The summed E-state index contributed by atoms with van der Waals surface area (Å²) in [6, 6.07) is 8.22. The van der Waals surface area contributed by atoms with Crippen LogP contribution in [-0.2, 0) is 15.0 Å². The summed E-state index contributed by atoms with van der Waals surface area (Å²) in [4.78, 5) is 0. The molecule has 1 fully saturated rings. The van der Waals surface area contributed by atoms with Gasteiger partial charge in [0.25, 0.3) is 0 Å². The Labute approximate surface area is 90.2 Å². The predicted octanol–water partition coefficient (Wildman–Crippen LogP) is 1.93. The first-order chi connectivity index (χ1) is 7.07. The third-order valence-electron chi connectivity index (χ3n) is 2.65. The second-order valence-electron chi connectivity index (χ2n) is 4.49. The number of hydrogen-bond donors (Lipinski definition) is 1. The van der Waals surface area contributed by atoms with Crippen LogP contribution in [0.1, 0.15) is 31.1 Å². The van der Waals surface area contributed by atoms with E-state index < -0.39 is 0 Å². The lowest BCUT2D eigenvalue weighted by Gasteiger charge is -2.19. The van der Waals surface area contributed by atoms with Gasteiger partial charge in [0.2, 0.25) is 0 Å². The molecule has 82 valence electrons. The Balaban J connectivity index is 2.16. The Morgan fingerprint density at radius 2 is 1.93 bits per heavy atom. The van der Waals surface area contributed by atoms with E-state index in [2.05, 4.69) is 24.3 Å². The number of rotatable bonds is 2. The molecule has 3 nitrogen and oxygen atoms in total. The molecule has 0 amide bonds. The van der Waals surface area contributed by atoms with Gasteiger partial charge in [-0.1, -0.05) is 24.3 Å². The van der Waals surface area contributed by atoms with Gasteiger partial charge in [-0.25, -0.2) is 0 Å². The maximum absolute atomic E-state index is 6.00. The van der Waals surface area contributed by atoms with E-state index in [-0.39, 0.29) is 11.6 Å². The molecule has 1 atom stereocenters. The summed E-state index contributed by atoms with van der Waals surface area (Å²) in [6.45, 7) is 5.04. The third-order valence-corrected chi connectivity index (χ3v) is 2.65. The van der Waals surface area contributed by atoms with Crippen molar-refractivity contribution < 1.29 is 9.47 Å². The van der Waals surface area contributed by atoms with Crippen LogP contribution in [0.25, 0.3) is 0 Å². The lowest BCUT2D eigenvalue weighted by atomic mass is 9.94. The van der Waals surface area contributed by atoms with Crippen LogP contribution in [0.15, 0.2) is 24.3 Å². The molecule has 1 heterocycles. The van der Waals surface area contributed by atoms with Crippen molar-refractivity contribution in [3.63, 3.8) is 0 Å². The highest BCUT2D eigenvalue weighted by Gasteiger charge is 2.19. The van der Waals surface area contributed by atoms with Crippen LogP contribution in [0.5, 0.6) is 0 Å². The normalized spacial score (nSPS) is 21.9. The van der Waals surface area contributed by atoms with Crippen molar-refractivity contribution in [1.29, 1.82) is 0 Å². The largest absolute Gasteiger partial charge is 0.352 e. The molecule has 0 saturated carbocycles. The number of nitrogens with two attached hydrogens (primary N) is 1. The fraction of sp³-hybridized carbons (Fsp3) is 0.500. The van der Waals surface area contributed by atoms with Crippen LogP contribution < -0.4 is 5.73 Å². The summed E-state index contributed by atoms with van der Waals surface area (Å²) < 4.78 is 10.6. The van der Waals surface area contributed by atoms with E-state index in [9.17, 15) is 0 Å². The van der Waals surface area contributed by atoms with Crippen molar-refractivity contribution in [3.05, 3.63) is 35.4 Å². The van der Waals surface area contributed by atoms with E-state index in [1.165, 1.54) is 0 Å². The smallest absolute Gasteiger partial charge is 0.147 e. The van der Waals surface area contributed by atoms with E-state index in [4.69, 9.17) is 15.2 Å². The summed E-state index contributed by atoms with van der Waals surface area (Å²) in [6.07, 6.45) is 0.0833. The average Bonchev–Trinajstić information content (AvgIpc) is 2.69. The maximum atomic E-state index is 6.00. The van der Waals surface area contributed by atoms with Gasteiger partial charge in [0.05, 0.1) is 6.61 Å². The average molecular weight is 207 g/mol.